The molecule has 0 fully saturated rings. The summed E-state index contributed by atoms with van der Waals surface area (Å²) in [4.78, 5) is 33.1. The van der Waals surface area contributed by atoms with E-state index in [2.05, 4.69) is 0 Å². The molecule has 0 saturated heterocycles. The van der Waals surface area contributed by atoms with Crippen LogP contribution in [0.1, 0.15) is 27.6 Å². The third-order valence-corrected chi connectivity index (χ3v) is 1.98. The molecular formula is C12H10O6. The summed E-state index contributed by atoms with van der Waals surface area (Å²) in [5.74, 6) is -3.96. The molecule has 0 aliphatic rings. The van der Waals surface area contributed by atoms with Gasteiger partial charge in [-0.05, 0) is 19.1 Å². The van der Waals surface area contributed by atoms with E-state index in [-0.39, 0.29) is 5.75 Å². The zero-order chi connectivity index (χ0) is 13.7. The third kappa shape index (κ3) is 2.94. The normalized spacial score (nSPS) is 10.3. The maximum absolute atomic E-state index is 11.2. The van der Waals surface area contributed by atoms with Crippen molar-refractivity contribution in [1.29, 1.82) is 0 Å². The average molecular weight is 250 g/mol. The predicted molar refractivity (Wildman–Crippen MR) is 60.8 cm³/mol. The molecule has 6 nitrogen and oxygen atoms in total. The molecule has 18 heavy (non-hydrogen) atoms. The first-order valence-electron chi connectivity index (χ1n) is 4.91. The molecule has 0 radical (unpaired) electrons. The van der Waals surface area contributed by atoms with Gasteiger partial charge in [0.1, 0.15) is 11.3 Å². The van der Waals surface area contributed by atoms with Crippen LogP contribution in [0.4, 0.5) is 0 Å². The molecular weight excluding hydrogens is 240 g/mol. The minimum Gasteiger partial charge on any atom is -0.478 e. The van der Waals surface area contributed by atoms with Gasteiger partial charge in [-0.2, -0.15) is 0 Å². The van der Waals surface area contributed by atoms with Gasteiger partial charge in [0.25, 0.3) is 0 Å². The van der Waals surface area contributed by atoms with Gasteiger partial charge < -0.3 is 14.9 Å². The summed E-state index contributed by atoms with van der Waals surface area (Å²) in [5, 5.41) is 17.8. The molecule has 0 heterocycles. The Morgan fingerprint density at radius 2 is 1.83 bits per heavy atom. The van der Waals surface area contributed by atoms with Crippen LogP contribution in [0, 0.1) is 0 Å². The molecule has 1 rings (SSSR count). The van der Waals surface area contributed by atoms with Crippen molar-refractivity contribution in [1.82, 2.24) is 0 Å². The van der Waals surface area contributed by atoms with Crippen molar-refractivity contribution in [2.45, 2.75) is 6.92 Å². The fourth-order valence-electron chi connectivity index (χ4n) is 1.29. The Labute approximate surface area is 102 Å². The number of hydrogen-bond acceptors (Lipinski definition) is 4. The third-order valence-electron chi connectivity index (χ3n) is 1.98. The quantitative estimate of drug-likeness (QED) is 0.477. The molecule has 0 saturated carbocycles. The van der Waals surface area contributed by atoms with Crippen LogP contribution in [0.5, 0.6) is 5.75 Å². The molecule has 0 bridgehead atoms. The molecule has 0 unspecified atom stereocenters. The van der Waals surface area contributed by atoms with Gasteiger partial charge in [-0.1, -0.05) is 12.1 Å². The molecule has 1 aromatic rings. The predicted octanol–water partition coefficient (Wildman–Crippen LogP) is 1.56. The van der Waals surface area contributed by atoms with Gasteiger partial charge in [-0.15, -0.1) is 0 Å². The number of allylic oxidation sites excluding steroid dienone is 1. The zero-order valence-corrected chi connectivity index (χ0v) is 9.41. The SMILES string of the molecule is CC=CC(=O)Oc1cccc(C(=O)O)c1C(=O)O. The maximum atomic E-state index is 11.2. The molecule has 94 valence electrons. The van der Waals surface area contributed by atoms with Crippen molar-refractivity contribution < 1.29 is 29.3 Å². The minimum atomic E-state index is -1.48. The Kier molecular flexibility index (Phi) is 4.20. The van der Waals surface area contributed by atoms with E-state index in [1.165, 1.54) is 18.2 Å². The van der Waals surface area contributed by atoms with Crippen molar-refractivity contribution >= 4 is 17.9 Å². The topological polar surface area (TPSA) is 101 Å². The molecule has 1 aromatic carbocycles. The summed E-state index contributed by atoms with van der Waals surface area (Å²) in [6.45, 7) is 1.59. The Hall–Kier alpha value is -2.63. The van der Waals surface area contributed by atoms with Gasteiger partial charge in [-0.25, -0.2) is 14.4 Å². The fourth-order valence-corrected chi connectivity index (χ4v) is 1.29. The Balaban J connectivity index is 3.27. The number of benzene rings is 1. The van der Waals surface area contributed by atoms with E-state index in [0.717, 1.165) is 12.1 Å². The van der Waals surface area contributed by atoms with E-state index in [1.807, 2.05) is 0 Å². The van der Waals surface area contributed by atoms with Crippen molar-refractivity contribution in [2.75, 3.05) is 0 Å². The number of carboxylic acids is 2. The molecule has 0 aliphatic carbocycles. The van der Waals surface area contributed by atoms with Gasteiger partial charge in [0.15, 0.2) is 0 Å². The maximum Gasteiger partial charge on any atom is 0.340 e. The van der Waals surface area contributed by atoms with Crippen molar-refractivity contribution in [3.63, 3.8) is 0 Å². The molecule has 0 amide bonds. The first-order chi connectivity index (χ1) is 8.47. The van der Waals surface area contributed by atoms with Crippen LogP contribution in [-0.2, 0) is 4.79 Å². The minimum absolute atomic E-state index is 0.300. The highest BCUT2D eigenvalue weighted by Gasteiger charge is 2.22. The Morgan fingerprint density at radius 3 is 2.33 bits per heavy atom. The van der Waals surface area contributed by atoms with E-state index in [4.69, 9.17) is 14.9 Å². The first-order valence-corrected chi connectivity index (χ1v) is 4.91. The number of rotatable bonds is 4. The largest absolute Gasteiger partial charge is 0.478 e. The van der Waals surface area contributed by atoms with Crippen LogP contribution in [-0.4, -0.2) is 28.1 Å². The lowest BCUT2D eigenvalue weighted by Crippen LogP contribution is -2.13. The fraction of sp³-hybridized carbons (Fsp3) is 0.0833. The number of carboxylic acid groups (broad SMARTS) is 2. The summed E-state index contributed by atoms with van der Waals surface area (Å²) in [6, 6.07) is 3.64. The molecule has 0 aromatic heterocycles. The van der Waals surface area contributed by atoms with E-state index < -0.39 is 29.0 Å². The number of hydrogen-bond donors (Lipinski definition) is 2. The van der Waals surface area contributed by atoms with Gasteiger partial charge in [0.2, 0.25) is 0 Å². The standard InChI is InChI=1S/C12H10O6/c1-2-4-9(13)18-8-6-3-5-7(11(14)15)10(8)12(16)17/h2-6H,1H3,(H,14,15)(H,16,17). The molecule has 0 atom stereocenters. The van der Waals surface area contributed by atoms with Crippen LogP contribution >= 0.6 is 0 Å². The summed E-state index contributed by atoms with van der Waals surface area (Å²) < 4.78 is 4.77. The van der Waals surface area contributed by atoms with Gasteiger partial charge in [-0.3, -0.25) is 0 Å². The van der Waals surface area contributed by atoms with E-state index in [9.17, 15) is 14.4 Å². The van der Waals surface area contributed by atoms with E-state index in [0.29, 0.717) is 0 Å². The van der Waals surface area contributed by atoms with Crippen LogP contribution in [0.3, 0.4) is 0 Å². The number of carbonyl (C=O) groups excluding carboxylic acids is 1. The molecule has 0 spiro atoms. The van der Waals surface area contributed by atoms with E-state index in [1.54, 1.807) is 6.92 Å². The van der Waals surface area contributed by atoms with E-state index >= 15 is 0 Å². The zero-order valence-electron chi connectivity index (χ0n) is 9.41. The highest BCUT2D eigenvalue weighted by atomic mass is 16.5. The lowest BCUT2D eigenvalue weighted by molar-refractivity contribution is -0.129. The second kappa shape index (κ2) is 5.62. The Bertz CT molecular complexity index is 529. The first kappa shape index (κ1) is 13.4. The molecule has 6 heteroatoms. The van der Waals surface area contributed by atoms with Gasteiger partial charge >= 0.3 is 17.9 Å². The summed E-state index contributed by atoms with van der Waals surface area (Å²) in [7, 11) is 0. The summed E-state index contributed by atoms with van der Waals surface area (Å²) in [5.41, 5.74) is -0.990. The van der Waals surface area contributed by atoms with Crippen molar-refractivity contribution in [3.05, 3.63) is 41.5 Å². The Morgan fingerprint density at radius 1 is 1.17 bits per heavy atom. The number of esters is 1. The second-order valence-corrected chi connectivity index (χ2v) is 3.21. The van der Waals surface area contributed by atoms with Crippen LogP contribution < -0.4 is 4.74 Å². The highest BCUT2D eigenvalue weighted by Crippen LogP contribution is 2.23. The molecule has 0 aliphatic heterocycles. The lowest BCUT2D eigenvalue weighted by atomic mass is 10.1. The molecule has 2 N–H and O–H groups in total. The van der Waals surface area contributed by atoms with Crippen LogP contribution in [0.25, 0.3) is 0 Å². The van der Waals surface area contributed by atoms with Gasteiger partial charge in [0.05, 0.1) is 5.56 Å². The van der Waals surface area contributed by atoms with Crippen LogP contribution in [0.2, 0.25) is 0 Å². The smallest absolute Gasteiger partial charge is 0.340 e. The monoisotopic (exact) mass is 250 g/mol. The van der Waals surface area contributed by atoms with Crippen molar-refractivity contribution in [3.8, 4) is 5.75 Å². The number of ether oxygens (including phenoxy) is 1. The summed E-state index contributed by atoms with van der Waals surface area (Å²) in [6.07, 6.45) is 2.52. The summed E-state index contributed by atoms with van der Waals surface area (Å²) >= 11 is 0. The second-order valence-electron chi connectivity index (χ2n) is 3.21. The number of carbonyl (C=O) groups is 3. The number of aromatic carboxylic acids is 2. The highest BCUT2D eigenvalue weighted by molar-refractivity contribution is 6.04. The van der Waals surface area contributed by atoms with Gasteiger partial charge in [0, 0.05) is 6.08 Å². The van der Waals surface area contributed by atoms with Crippen LogP contribution in [0.15, 0.2) is 30.4 Å². The average Bonchev–Trinajstić information content (AvgIpc) is 2.28. The lowest BCUT2D eigenvalue weighted by Gasteiger charge is -2.07. The van der Waals surface area contributed by atoms with Crippen molar-refractivity contribution in [2.24, 2.45) is 0 Å².